The molecule has 0 bridgehead atoms. The van der Waals surface area contributed by atoms with Crippen LogP contribution in [0.3, 0.4) is 0 Å². The number of likely N-dealkylation sites (N-methyl/N-ethyl adjacent to an activating group) is 1. The van der Waals surface area contributed by atoms with Crippen LogP contribution in [0.25, 0.3) is 0 Å². The summed E-state index contributed by atoms with van der Waals surface area (Å²) in [6.45, 7) is 7.77. The molecule has 21 heavy (non-hydrogen) atoms. The summed E-state index contributed by atoms with van der Waals surface area (Å²) in [5.41, 5.74) is 4.49. The van der Waals surface area contributed by atoms with Crippen LogP contribution in [0.5, 0.6) is 0 Å². The Kier molecular flexibility index (Phi) is 5.45. The van der Waals surface area contributed by atoms with Crippen LogP contribution in [0.1, 0.15) is 61.8 Å². The molecule has 1 fully saturated rings. The van der Waals surface area contributed by atoms with E-state index in [1.165, 1.54) is 48.8 Å². The molecule has 2 rings (SSSR count). The molecule has 1 aliphatic carbocycles. The van der Waals surface area contributed by atoms with Crippen molar-refractivity contribution in [2.24, 2.45) is 0 Å². The summed E-state index contributed by atoms with van der Waals surface area (Å²) in [5, 5.41) is 3.86. The van der Waals surface area contributed by atoms with Crippen LogP contribution < -0.4 is 5.32 Å². The Morgan fingerprint density at radius 1 is 1.10 bits per heavy atom. The fourth-order valence-electron chi connectivity index (χ4n) is 4.06. The molecule has 0 saturated heterocycles. The van der Waals surface area contributed by atoms with Crippen molar-refractivity contribution in [1.29, 1.82) is 0 Å². The largest absolute Gasteiger partial charge is 0.308 e. The van der Waals surface area contributed by atoms with Crippen LogP contribution in [0.15, 0.2) is 18.2 Å². The lowest BCUT2D eigenvalue weighted by molar-refractivity contribution is 0.104. The molecule has 0 heterocycles. The van der Waals surface area contributed by atoms with E-state index in [2.05, 4.69) is 63.3 Å². The number of nitrogens with zero attached hydrogens (tertiary/aromatic N) is 1. The first kappa shape index (κ1) is 16.5. The second-order valence-corrected chi connectivity index (χ2v) is 7.01. The van der Waals surface area contributed by atoms with E-state index in [0.717, 1.165) is 6.54 Å². The molecule has 0 aliphatic heterocycles. The maximum absolute atomic E-state index is 3.86. The maximum Gasteiger partial charge on any atom is 0.0507 e. The number of nitrogens with one attached hydrogen (secondary N) is 1. The normalized spacial score (nSPS) is 19.1. The first-order valence-electron chi connectivity index (χ1n) is 8.48. The summed E-state index contributed by atoms with van der Waals surface area (Å²) in [6.07, 6.45) is 6.49. The van der Waals surface area contributed by atoms with Gasteiger partial charge in [0.1, 0.15) is 0 Å². The van der Waals surface area contributed by atoms with E-state index >= 15 is 0 Å². The molecule has 0 spiro atoms. The van der Waals surface area contributed by atoms with E-state index in [9.17, 15) is 0 Å². The molecule has 1 aromatic rings. The molecule has 1 saturated carbocycles. The highest BCUT2D eigenvalue weighted by Crippen LogP contribution is 2.43. The van der Waals surface area contributed by atoms with E-state index in [4.69, 9.17) is 0 Å². The van der Waals surface area contributed by atoms with Crippen molar-refractivity contribution in [2.75, 3.05) is 20.6 Å². The molecule has 0 radical (unpaired) electrons. The SMILES string of the molecule is CCCNC(c1cc(C)cc(C)c1)C1(N(C)C)CCCC1. The first-order valence-corrected chi connectivity index (χ1v) is 8.48. The molecule has 2 nitrogen and oxygen atoms in total. The molecule has 1 unspecified atom stereocenters. The molecular formula is C19H32N2. The van der Waals surface area contributed by atoms with Gasteiger partial charge in [0, 0.05) is 5.54 Å². The Labute approximate surface area is 130 Å². The molecule has 0 aromatic heterocycles. The Morgan fingerprint density at radius 2 is 1.67 bits per heavy atom. The lowest BCUT2D eigenvalue weighted by Crippen LogP contribution is -2.52. The summed E-state index contributed by atoms with van der Waals surface area (Å²) in [4.78, 5) is 2.48. The van der Waals surface area contributed by atoms with E-state index in [1.807, 2.05) is 0 Å². The lowest BCUT2D eigenvalue weighted by atomic mass is 9.81. The van der Waals surface area contributed by atoms with Gasteiger partial charge in [0.15, 0.2) is 0 Å². The number of hydrogen-bond donors (Lipinski definition) is 1. The Balaban J connectivity index is 2.41. The predicted molar refractivity (Wildman–Crippen MR) is 91.8 cm³/mol. The molecule has 1 aromatic carbocycles. The second kappa shape index (κ2) is 6.93. The summed E-state index contributed by atoms with van der Waals surface area (Å²) in [5.74, 6) is 0. The average molecular weight is 288 g/mol. The zero-order chi connectivity index (χ0) is 15.5. The first-order chi connectivity index (χ1) is 9.99. The van der Waals surface area contributed by atoms with Crippen molar-refractivity contribution in [3.63, 3.8) is 0 Å². The van der Waals surface area contributed by atoms with Crippen LogP contribution in [-0.2, 0) is 0 Å². The lowest BCUT2D eigenvalue weighted by Gasteiger charge is -2.44. The third kappa shape index (κ3) is 3.49. The zero-order valence-corrected chi connectivity index (χ0v) is 14.5. The van der Waals surface area contributed by atoms with Gasteiger partial charge in [-0.05, 0) is 59.3 Å². The fourth-order valence-corrected chi connectivity index (χ4v) is 4.06. The van der Waals surface area contributed by atoms with Gasteiger partial charge < -0.3 is 10.2 Å². The monoisotopic (exact) mass is 288 g/mol. The molecular weight excluding hydrogens is 256 g/mol. The smallest absolute Gasteiger partial charge is 0.0507 e. The molecule has 1 aliphatic rings. The summed E-state index contributed by atoms with van der Waals surface area (Å²) < 4.78 is 0. The van der Waals surface area contributed by atoms with E-state index in [-0.39, 0.29) is 5.54 Å². The minimum Gasteiger partial charge on any atom is -0.308 e. The van der Waals surface area contributed by atoms with Gasteiger partial charge in [0.25, 0.3) is 0 Å². The average Bonchev–Trinajstić information content (AvgIpc) is 2.89. The second-order valence-electron chi connectivity index (χ2n) is 7.01. The molecule has 0 amide bonds. The minimum absolute atomic E-state index is 0.273. The van der Waals surface area contributed by atoms with Crippen molar-refractivity contribution in [3.8, 4) is 0 Å². The predicted octanol–water partition coefficient (Wildman–Crippen LogP) is 4.22. The molecule has 2 heteroatoms. The highest BCUT2D eigenvalue weighted by molar-refractivity contribution is 5.33. The van der Waals surface area contributed by atoms with Crippen molar-refractivity contribution in [1.82, 2.24) is 10.2 Å². The van der Waals surface area contributed by atoms with Crippen LogP contribution in [0.4, 0.5) is 0 Å². The zero-order valence-electron chi connectivity index (χ0n) is 14.5. The van der Waals surface area contributed by atoms with Crippen molar-refractivity contribution < 1.29 is 0 Å². The van der Waals surface area contributed by atoms with Gasteiger partial charge in [-0.25, -0.2) is 0 Å². The van der Waals surface area contributed by atoms with Gasteiger partial charge in [0.05, 0.1) is 6.04 Å². The maximum atomic E-state index is 3.86. The van der Waals surface area contributed by atoms with Gasteiger partial charge >= 0.3 is 0 Å². The molecule has 1 atom stereocenters. The van der Waals surface area contributed by atoms with Crippen molar-refractivity contribution in [3.05, 3.63) is 34.9 Å². The number of hydrogen-bond acceptors (Lipinski definition) is 2. The molecule has 1 N–H and O–H groups in total. The van der Waals surface area contributed by atoms with Gasteiger partial charge in [-0.2, -0.15) is 0 Å². The summed E-state index contributed by atoms with van der Waals surface area (Å²) in [6, 6.07) is 7.47. The summed E-state index contributed by atoms with van der Waals surface area (Å²) >= 11 is 0. The highest BCUT2D eigenvalue weighted by atomic mass is 15.2. The van der Waals surface area contributed by atoms with Crippen molar-refractivity contribution >= 4 is 0 Å². The van der Waals surface area contributed by atoms with E-state index < -0.39 is 0 Å². The fraction of sp³-hybridized carbons (Fsp3) is 0.684. The summed E-state index contributed by atoms with van der Waals surface area (Å²) in [7, 11) is 4.52. The van der Waals surface area contributed by atoms with Gasteiger partial charge in [0.2, 0.25) is 0 Å². The third-order valence-electron chi connectivity index (χ3n) is 5.07. The van der Waals surface area contributed by atoms with Crippen LogP contribution in [0.2, 0.25) is 0 Å². The molecule has 118 valence electrons. The van der Waals surface area contributed by atoms with Gasteiger partial charge in [-0.1, -0.05) is 49.1 Å². The van der Waals surface area contributed by atoms with Gasteiger partial charge in [-0.15, -0.1) is 0 Å². The van der Waals surface area contributed by atoms with Crippen LogP contribution >= 0.6 is 0 Å². The van der Waals surface area contributed by atoms with Crippen molar-refractivity contribution in [2.45, 2.75) is 64.5 Å². The Morgan fingerprint density at radius 3 is 2.14 bits per heavy atom. The standard InChI is InChI=1S/C19H32N2/c1-6-11-20-18(17-13-15(2)12-16(3)14-17)19(21(4)5)9-7-8-10-19/h12-14,18,20H,6-11H2,1-5H3. The number of benzene rings is 1. The van der Waals surface area contributed by atoms with Crippen LogP contribution in [-0.4, -0.2) is 31.1 Å². The van der Waals surface area contributed by atoms with Gasteiger partial charge in [-0.3, -0.25) is 0 Å². The number of rotatable bonds is 6. The minimum atomic E-state index is 0.273. The Bertz CT molecular complexity index is 438. The number of aryl methyl sites for hydroxylation is 2. The third-order valence-corrected chi connectivity index (χ3v) is 5.07. The van der Waals surface area contributed by atoms with Crippen LogP contribution in [0, 0.1) is 13.8 Å². The van der Waals surface area contributed by atoms with E-state index in [1.54, 1.807) is 0 Å². The van der Waals surface area contributed by atoms with E-state index in [0.29, 0.717) is 6.04 Å². The quantitative estimate of drug-likeness (QED) is 0.843. The topological polar surface area (TPSA) is 15.3 Å². The highest BCUT2D eigenvalue weighted by Gasteiger charge is 2.43. The Hall–Kier alpha value is -0.860.